The minimum absolute atomic E-state index is 0.246. The largest absolute Gasteiger partial charge is 0.245 e. The molecule has 0 N–H and O–H groups in total. The molecule has 1 heterocycles. The van der Waals surface area contributed by atoms with E-state index in [0.29, 0.717) is 0 Å². The fourth-order valence-corrected chi connectivity index (χ4v) is 3.53. The minimum atomic E-state index is 0.246. The maximum absolute atomic E-state index is 4.30. The van der Waals surface area contributed by atoms with Gasteiger partial charge in [0.2, 0.25) is 0 Å². The molecule has 1 aromatic carbocycles. The molecule has 0 fully saturated rings. The minimum Gasteiger partial charge on any atom is -0.245 e. The zero-order valence-electron chi connectivity index (χ0n) is 14.9. The smallest absolute Gasteiger partial charge is 0.115 e. The summed E-state index contributed by atoms with van der Waals surface area (Å²) in [6.07, 6.45) is 8.00. The van der Waals surface area contributed by atoms with E-state index in [9.17, 15) is 0 Å². The summed E-state index contributed by atoms with van der Waals surface area (Å²) in [5, 5.41) is 0. The van der Waals surface area contributed by atoms with Crippen LogP contribution >= 0.6 is 0 Å². The second-order valence-electron chi connectivity index (χ2n) is 7.99. The van der Waals surface area contributed by atoms with Gasteiger partial charge in [0, 0.05) is 6.20 Å². The molecule has 1 aliphatic rings. The number of aromatic nitrogens is 2. The number of fused-ring (bicyclic) bond motifs is 1. The zero-order chi connectivity index (χ0) is 16.7. The van der Waals surface area contributed by atoms with Gasteiger partial charge in [-0.3, -0.25) is 0 Å². The first-order valence-corrected chi connectivity index (χ1v) is 8.39. The average Bonchev–Trinajstić information content (AvgIpc) is 2.52. The van der Waals surface area contributed by atoms with Gasteiger partial charge in [0.05, 0.1) is 5.69 Å². The van der Waals surface area contributed by atoms with Gasteiger partial charge >= 0.3 is 0 Å². The van der Waals surface area contributed by atoms with Crippen LogP contribution < -0.4 is 0 Å². The van der Waals surface area contributed by atoms with E-state index >= 15 is 0 Å². The summed E-state index contributed by atoms with van der Waals surface area (Å²) in [5.74, 6) is 0. The molecule has 2 aromatic rings. The lowest BCUT2D eigenvalue weighted by atomic mass is 9.63. The summed E-state index contributed by atoms with van der Waals surface area (Å²) in [5.41, 5.74) is 7.01. The number of benzene rings is 1. The van der Waals surface area contributed by atoms with Gasteiger partial charge in [-0.2, -0.15) is 0 Å². The van der Waals surface area contributed by atoms with Crippen molar-refractivity contribution in [3.63, 3.8) is 0 Å². The van der Waals surface area contributed by atoms with E-state index in [1.165, 1.54) is 35.1 Å². The molecule has 2 nitrogen and oxygen atoms in total. The molecule has 0 unspecified atom stereocenters. The number of rotatable bonds is 2. The maximum Gasteiger partial charge on any atom is 0.115 e. The highest BCUT2D eigenvalue weighted by molar-refractivity contribution is 5.79. The van der Waals surface area contributed by atoms with Crippen LogP contribution in [0.5, 0.6) is 0 Å². The van der Waals surface area contributed by atoms with Crippen LogP contribution in [0.25, 0.3) is 11.6 Å². The highest BCUT2D eigenvalue weighted by Crippen LogP contribution is 2.46. The second-order valence-corrected chi connectivity index (χ2v) is 7.99. The third kappa shape index (κ3) is 3.08. The van der Waals surface area contributed by atoms with Crippen molar-refractivity contribution in [1.29, 1.82) is 0 Å². The molecule has 2 heteroatoms. The number of hydrogen-bond donors (Lipinski definition) is 0. The normalized spacial score (nSPS) is 19.3. The first kappa shape index (κ1) is 15.9. The van der Waals surface area contributed by atoms with Crippen molar-refractivity contribution in [2.75, 3.05) is 0 Å². The van der Waals surface area contributed by atoms with Gasteiger partial charge in [-0.1, -0.05) is 45.9 Å². The fraction of sp³-hybridized carbons (Fsp3) is 0.429. The Hall–Kier alpha value is -1.96. The van der Waals surface area contributed by atoms with E-state index in [1.54, 1.807) is 12.5 Å². The molecule has 0 spiro atoms. The number of hydrogen-bond acceptors (Lipinski definition) is 2. The molecule has 23 heavy (non-hydrogen) atoms. The molecule has 1 aromatic heterocycles. The highest BCUT2D eigenvalue weighted by Gasteiger charge is 2.36. The van der Waals surface area contributed by atoms with E-state index in [1.807, 2.05) is 6.07 Å². The monoisotopic (exact) mass is 306 g/mol. The van der Waals surface area contributed by atoms with Crippen LogP contribution in [0.15, 0.2) is 36.8 Å². The van der Waals surface area contributed by atoms with E-state index < -0.39 is 0 Å². The van der Waals surface area contributed by atoms with E-state index in [2.05, 4.69) is 68.9 Å². The maximum atomic E-state index is 4.30. The molecule has 0 amide bonds. The SMILES string of the molecule is C/C(=C\c1ccncn1)c1ccc2c(c1)C(C)(C)CCC2(C)C. The van der Waals surface area contributed by atoms with Crippen molar-refractivity contribution < 1.29 is 0 Å². The molecule has 0 saturated heterocycles. The van der Waals surface area contributed by atoms with Crippen LogP contribution in [-0.2, 0) is 10.8 Å². The Morgan fingerprint density at radius 2 is 1.70 bits per heavy atom. The van der Waals surface area contributed by atoms with Gasteiger partial charge in [0.15, 0.2) is 0 Å². The topological polar surface area (TPSA) is 25.8 Å². The van der Waals surface area contributed by atoms with Crippen molar-refractivity contribution in [2.45, 2.75) is 58.3 Å². The Morgan fingerprint density at radius 3 is 2.35 bits per heavy atom. The highest BCUT2D eigenvalue weighted by atomic mass is 14.8. The molecule has 0 bridgehead atoms. The summed E-state index contributed by atoms with van der Waals surface area (Å²) in [7, 11) is 0. The number of nitrogens with zero attached hydrogens (tertiary/aromatic N) is 2. The first-order valence-electron chi connectivity index (χ1n) is 8.39. The van der Waals surface area contributed by atoms with Crippen molar-refractivity contribution in [1.82, 2.24) is 9.97 Å². The van der Waals surface area contributed by atoms with Crippen molar-refractivity contribution in [3.8, 4) is 0 Å². The Balaban J connectivity index is 2.05. The Bertz CT molecular complexity index is 740. The lowest BCUT2D eigenvalue weighted by Crippen LogP contribution is -2.33. The van der Waals surface area contributed by atoms with Crippen LogP contribution in [0.3, 0.4) is 0 Å². The number of allylic oxidation sites excluding steroid dienone is 1. The van der Waals surface area contributed by atoms with Gasteiger partial charge in [0.1, 0.15) is 6.33 Å². The van der Waals surface area contributed by atoms with Crippen LogP contribution in [-0.4, -0.2) is 9.97 Å². The molecule has 1 aliphatic carbocycles. The van der Waals surface area contributed by atoms with Gasteiger partial charge < -0.3 is 0 Å². The average molecular weight is 306 g/mol. The first-order chi connectivity index (χ1) is 10.8. The van der Waals surface area contributed by atoms with Gasteiger partial charge in [0.25, 0.3) is 0 Å². The van der Waals surface area contributed by atoms with E-state index in [4.69, 9.17) is 0 Å². The molecule has 3 rings (SSSR count). The summed E-state index contributed by atoms with van der Waals surface area (Å²) in [6, 6.07) is 8.93. The van der Waals surface area contributed by atoms with Crippen LogP contribution in [0, 0.1) is 0 Å². The van der Waals surface area contributed by atoms with Crippen LogP contribution in [0.1, 0.15) is 69.8 Å². The predicted molar refractivity (Wildman–Crippen MR) is 97.3 cm³/mol. The standard InChI is InChI=1S/C21H26N2/c1-15(12-17-8-11-22-14-23-17)16-6-7-18-19(13-16)21(4,5)10-9-20(18,2)3/h6-8,11-14H,9-10H2,1-5H3/b15-12+. The Labute approximate surface area is 139 Å². The molecule has 0 radical (unpaired) electrons. The predicted octanol–water partition coefficient (Wildman–Crippen LogP) is 5.39. The summed E-state index contributed by atoms with van der Waals surface area (Å²) >= 11 is 0. The summed E-state index contributed by atoms with van der Waals surface area (Å²) in [6.45, 7) is 11.6. The third-order valence-corrected chi connectivity index (χ3v) is 5.28. The Morgan fingerprint density at radius 1 is 1.00 bits per heavy atom. The van der Waals surface area contributed by atoms with Crippen molar-refractivity contribution >= 4 is 11.6 Å². The van der Waals surface area contributed by atoms with Crippen LogP contribution in [0.4, 0.5) is 0 Å². The quantitative estimate of drug-likeness (QED) is 0.743. The molecule has 0 atom stereocenters. The molecule has 120 valence electrons. The van der Waals surface area contributed by atoms with Crippen LogP contribution in [0.2, 0.25) is 0 Å². The van der Waals surface area contributed by atoms with Gasteiger partial charge in [-0.15, -0.1) is 0 Å². The Kier molecular flexibility index (Phi) is 3.87. The summed E-state index contributed by atoms with van der Waals surface area (Å²) in [4.78, 5) is 8.27. The van der Waals surface area contributed by atoms with E-state index in [-0.39, 0.29) is 10.8 Å². The van der Waals surface area contributed by atoms with Crippen molar-refractivity contribution in [3.05, 3.63) is 59.2 Å². The second kappa shape index (κ2) is 5.59. The molecule has 0 aliphatic heterocycles. The fourth-order valence-electron chi connectivity index (χ4n) is 3.53. The van der Waals surface area contributed by atoms with Gasteiger partial charge in [-0.25, -0.2) is 9.97 Å². The molecular weight excluding hydrogens is 280 g/mol. The molecule has 0 saturated carbocycles. The lowest BCUT2D eigenvalue weighted by Gasteiger charge is -2.42. The van der Waals surface area contributed by atoms with E-state index in [0.717, 1.165) is 5.69 Å². The third-order valence-electron chi connectivity index (χ3n) is 5.28. The van der Waals surface area contributed by atoms with Gasteiger partial charge in [-0.05, 0) is 65.0 Å². The summed E-state index contributed by atoms with van der Waals surface area (Å²) < 4.78 is 0. The molecular formula is C21H26N2. The van der Waals surface area contributed by atoms with Crippen molar-refractivity contribution in [2.24, 2.45) is 0 Å². The zero-order valence-corrected chi connectivity index (χ0v) is 14.9. The lowest BCUT2D eigenvalue weighted by molar-refractivity contribution is 0.332.